The van der Waals surface area contributed by atoms with E-state index < -0.39 is 0 Å². The highest BCUT2D eigenvalue weighted by atomic mass is 32.1. The summed E-state index contributed by atoms with van der Waals surface area (Å²) in [5, 5.41) is 13.7. The van der Waals surface area contributed by atoms with Crippen LogP contribution in [0.3, 0.4) is 0 Å². The summed E-state index contributed by atoms with van der Waals surface area (Å²) in [6, 6.07) is 0. The molecule has 0 saturated carbocycles. The number of thiazole rings is 1. The minimum absolute atomic E-state index is 0.149. The van der Waals surface area contributed by atoms with Crippen molar-refractivity contribution in [3.8, 4) is 0 Å². The van der Waals surface area contributed by atoms with Gasteiger partial charge in [-0.3, -0.25) is 0 Å². The maximum atomic E-state index is 5.28. The van der Waals surface area contributed by atoms with Crippen molar-refractivity contribution in [2.45, 2.75) is 53.0 Å². The standard InChI is InChI=1S/C16H26N6OS/c1-6-17-15(18-8-7-12-10-24-11(2)20-12)19-9-13-21-14(23-22-13)16(3,4)5/h10H,6-9H2,1-5H3,(H2,17,18,19). The summed E-state index contributed by atoms with van der Waals surface area (Å²) in [4.78, 5) is 13.4. The molecule has 0 aliphatic rings. The van der Waals surface area contributed by atoms with Crippen molar-refractivity contribution in [1.82, 2.24) is 25.8 Å². The molecule has 0 aromatic carbocycles. The first kappa shape index (κ1) is 18.4. The van der Waals surface area contributed by atoms with Gasteiger partial charge in [0.1, 0.15) is 6.54 Å². The number of rotatable bonds is 6. The van der Waals surface area contributed by atoms with Gasteiger partial charge < -0.3 is 15.2 Å². The first-order valence-corrected chi connectivity index (χ1v) is 9.02. The number of hydrogen-bond acceptors (Lipinski definition) is 6. The fourth-order valence-electron chi connectivity index (χ4n) is 1.95. The molecule has 24 heavy (non-hydrogen) atoms. The zero-order chi connectivity index (χ0) is 17.6. The zero-order valence-electron chi connectivity index (χ0n) is 15.0. The SMILES string of the molecule is CCNC(=NCc1noc(C(C)(C)C)n1)NCCc1csc(C)n1. The van der Waals surface area contributed by atoms with Gasteiger partial charge in [0, 0.05) is 30.3 Å². The average Bonchev–Trinajstić information content (AvgIpc) is 3.13. The van der Waals surface area contributed by atoms with E-state index >= 15 is 0 Å². The van der Waals surface area contributed by atoms with Gasteiger partial charge in [0.2, 0.25) is 5.89 Å². The number of aromatic nitrogens is 3. The van der Waals surface area contributed by atoms with E-state index in [4.69, 9.17) is 4.52 Å². The summed E-state index contributed by atoms with van der Waals surface area (Å²) in [6.07, 6.45) is 0.866. The Balaban J connectivity index is 1.89. The highest BCUT2D eigenvalue weighted by Crippen LogP contribution is 2.19. The van der Waals surface area contributed by atoms with E-state index in [-0.39, 0.29) is 5.41 Å². The lowest BCUT2D eigenvalue weighted by atomic mass is 9.97. The third-order valence-corrected chi connectivity index (χ3v) is 3.99. The van der Waals surface area contributed by atoms with Crippen LogP contribution < -0.4 is 10.6 Å². The summed E-state index contributed by atoms with van der Waals surface area (Å²) in [5.41, 5.74) is 0.956. The lowest BCUT2D eigenvalue weighted by molar-refractivity contribution is 0.318. The van der Waals surface area contributed by atoms with Crippen LogP contribution in [0, 0.1) is 6.92 Å². The Morgan fingerprint density at radius 3 is 2.67 bits per heavy atom. The van der Waals surface area contributed by atoms with Crippen LogP contribution in [0.25, 0.3) is 0 Å². The van der Waals surface area contributed by atoms with Crippen LogP contribution in [0.1, 0.15) is 50.1 Å². The van der Waals surface area contributed by atoms with E-state index in [2.05, 4.69) is 36.1 Å². The molecule has 2 heterocycles. The van der Waals surface area contributed by atoms with Crippen molar-refractivity contribution in [1.29, 1.82) is 0 Å². The summed E-state index contributed by atoms with van der Waals surface area (Å²) < 4.78 is 5.28. The molecule has 0 fully saturated rings. The van der Waals surface area contributed by atoms with Crippen LogP contribution >= 0.6 is 11.3 Å². The molecule has 2 aromatic heterocycles. The number of nitrogens with zero attached hydrogens (tertiary/aromatic N) is 4. The first-order chi connectivity index (χ1) is 11.4. The molecule has 0 saturated heterocycles. The summed E-state index contributed by atoms with van der Waals surface area (Å²) in [7, 11) is 0. The van der Waals surface area contributed by atoms with Gasteiger partial charge in [-0.1, -0.05) is 25.9 Å². The topological polar surface area (TPSA) is 88.2 Å². The Morgan fingerprint density at radius 1 is 1.29 bits per heavy atom. The maximum absolute atomic E-state index is 5.28. The van der Waals surface area contributed by atoms with E-state index in [0.717, 1.165) is 36.2 Å². The van der Waals surface area contributed by atoms with Crippen molar-refractivity contribution in [2.75, 3.05) is 13.1 Å². The molecule has 0 bridgehead atoms. The quantitative estimate of drug-likeness (QED) is 0.614. The third kappa shape index (κ3) is 5.59. The van der Waals surface area contributed by atoms with E-state index in [1.807, 2.05) is 34.6 Å². The highest BCUT2D eigenvalue weighted by Gasteiger charge is 2.21. The Morgan fingerprint density at radius 2 is 2.08 bits per heavy atom. The van der Waals surface area contributed by atoms with Crippen LogP contribution in [-0.2, 0) is 18.4 Å². The molecule has 0 atom stereocenters. The maximum Gasteiger partial charge on any atom is 0.232 e. The Kier molecular flexibility index (Phi) is 6.30. The van der Waals surface area contributed by atoms with Crippen molar-refractivity contribution < 1.29 is 4.52 Å². The first-order valence-electron chi connectivity index (χ1n) is 8.14. The lowest BCUT2D eigenvalue weighted by Gasteiger charge is -2.10. The van der Waals surface area contributed by atoms with E-state index in [0.29, 0.717) is 18.3 Å². The Bertz CT molecular complexity index is 670. The van der Waals surface area contributed by atoms with Crippen LogP contribution in [0.4, 0.5) is 0 Å². The fraction of sp³-hybridized carbons (Fsp3) is 0.625. The van der Waals surface area contributed by atoms with Gasteiger partial charge in [-0.15, -0.1) is 11.3 Å². The van der Waals surface area contributed by atoms with Gasteiger partial charge in [0.15, 0.2) is 11.8 Å². The number of aliphatic imine (C=N–C) groups is 1. The molecule has 0 aliphatic carbocycles. The lowest BCUT2D eigenvalue weighted by Crippen LogP contribution is -2.38. The second-order valence-corrected chi connectivity index (χ2v) is 7.56. The van der Waals surface area contributed by atoms with Crippen LogP contribution in [0.5, 0.6) is 0 Å². The number of nitrogens with one attached hydrogen (secondary N) is 2. The van der Waals surface area contributed by atoms with E-state index in [1.165, 1.54) is 0 Å². The molecule has 2 aromatic rings. The molecular formula is C16H26N6OS. The normalized spacial score (nSPS) is 12.5. The van der Waals surface area contributed by atoms with Gasteiger partial charge in [0.05, 0.1) is 10.7 Å². The van der Waals surface area contributed by atoms with Crippen LogP contribution in [0.15, 0.2) is 14.9 Å². The highest BCUT2D eigenvalue weighted by molar-refractivity contribution is 7.09. The number of aryl methyl sites for hydroxylation is 1. The molecule has 0 spiro atoms. The van der Waals surface area contributed by atoms with E-state index in [1.54, 1.807) is 11.3 Å². The summed E-state index contributed by atoms with van der Waals surface area (Å²) in [6.45, 7) is 12.1. The molecule has 2 rings (SSSR count). The van der Waals surface area contributed by atoms with Gasteiger partial charge >= 0.3 is 0 Å². The number of guanidine groups is 1. The van der Waals surface area contributed by atoms with Crippen molar-refractivity contribution in [3.05, 3.63) is 27.8 Å². The molecule has 2 N–H and O–H groups in total. The molecule has 132 valence electrons. The minimum atomic E-state index is -0.149. The zero-order valence-corrected chi connectivity index (χ0v) is 15.8. The van der Waals surface area contributed by atoms with Crippen LogP contribution in [0.2, 0.25) is 0 Å². The van der Waals surface area contributed by atoms with Gasteiger partial charge in [0.25, 0.3) is 0 Å². The van der Waals surface area contributed by atoms with Gasteiger partial charge in [-0.2, -0.15) is 4.98 Å². The monoisotopic (exact) mass is 350 g/mol. The molecular weight excluding hydrogens is 324 g/mol. The predicted octanol–water partition coefficient (Wildman–Crippen LogP) is 2.43. The summed E-state index contributed by atoms with van der Waals surface area (Å²) in [5.74, 6) is 1.96. The predicted molar refractivity (Wildman–Crippen MR) is 96.4 cm³/mol. The third-order valence-electron chi connectivity index (χ3n) is 3.17. The molecule has 8 heteroatoms. The Labute approximate surface area is 147 Å². The molecule has 0 amide bonds. The van der Waals surface area contributed by atoms with Gasteiger partial charge in [-0.05, 0) is 13.8 Å². The molecule has 0 aliphatic heterocycles. The number of hydrogen-bond donors (Lipinski definition) is 2. The van der Waals surface area contributed by atoms with Gasteiger partial charge in [-0.25, -0.2) is 9.98 Å². The second-order valence-electron chi connectivity index (χ2n) is 6.50. The second kappa shape index (κ2) is 8.23. The largest absolute Gasteiger partial charge is 0.357 e. The summed E-state index contributed by atoms with van der Waals surface area (Å²) >= 11 is 1.67. The average molecular weight is 350 g/mol. The van der Waals surface area contributed by atoms with E-state index in [9.17, 15) is 0 Å². The van der Waals surface area contributed by atoms with Crippen LogP contribution in [-0.4, -0.2) is 34.2 Å². The van der Waals surface area contributed by atoms with Crippen molar-refractivity contribution in [2.24, 2.45) is 4.99 Å². The molecule has 0 radical (unpaired) electrons. The minimum Gasteiger partial charge on any atom is -0.357 e. The van der Waals surface area contributed by atoms with Crippen molar-refractivity contribution >= 4 is 17.3 Å². The van der Waals surface area contributed by atoms with Crippen molar-refractivity contribution in [3.63, 3.8) is 0 Å². The molecule has 0 unspecified atom stereocenters. The smallest absolute Gasteiger partial charge is 0.232 e. The fourth-order valence-corrected chi connectivity index (χ4v) is 2.59. The Hall–Kier alpha value is -1.96. The molecule has 7 nitrogen and oxygen atoms in total.